The van der Waals surface area contributed by atoms with E-state index in [1.807, 2.05) is 24.3 Å². The lowest BCUT2D eigenvalue weighted by molar-refractivity contribution is -0.137. The zero-order valence-electron chi connectivity index (χ0n) is 17.9. The molecule has 166 valence electrons. The Bertz CT molecular complexity index is 852. The lowest BCUT2D eigenvalue weighted by Crippen LogP contribution is -2.46. The van der Waals surface area contributed by atoms with Gasteiger partial charge in [-0.3, -0.25) is 9.69 Å². The Kier molecular flexibility index (Phi) is 7.16. The zero-order chi connectivity index (χ0) is 21.5. The fraction of sp³-hybridized carbons (Fsp3) is 0.500. The number of rotatable bonds is 7. The van der Waals surface area contributed by atoms with Crippen molar-refractivity contribution in [1.29, 1.82) is 0 Å². The Hall–Kier alpha value is -2.91. The van der Waals surface area contributed by atoms with Crippen LogP contribution in [0.15, 0.2) is 36.7 Å². The minimum atomic E-state index is -0.0327. The normalized spacial score (nSPS) is 17.5. The number of methoxy groups -OCH3 is 1. The Morgan fingerprint density at radius 3 is 2.48 bits per heavy atom. The number of carbonyl (C=O) groups is 1. The third-order valence-electron chi connectivity index (χ3n) is 5.56. The summed E-state index contributed by atoms with van der Waals surface area (Å²) in [4.78, 5) is 27.4. The second-order valence-electron chi connectivity index (χ2n) is 7.58. The fourth-order valence-electron chi connectivity index (χ4n) is 3.79. The first-order valence-electron chi connectivity index (χ1n) is 10.6. The first-order chi connectivity index (χ1) is 15.2. The lowest BCUT2D eigenvalue weighted by atomic mass is 10.1. The van der Waals surface area contributed by atoms with Crippen molar-refractivity contribution in [1.82, 2.24) is 19.8 Å². The average molecular weight is 428 g/mol. The molecule has 0 spiro atoms. The highest BCUT2D eigenvalue weighted by atomic mass is 16.5. The molecule has 0 aliphatic carbocycles. The number of aromatic nitrogens is 2. The first-order valence-corrected chi connectivity index (χ1v) is 10.6. The van der Waals surface area contributed by atoms with E-state index in [0.29, 0.717) is 37.8 Å². The van der Waals surface area contributed by atoms with Gasteiger partial charge in [0.25, 0.3) is 5.91 Å². The van der Waals surface area contributed by atoms with Crippen molar-refractivity contribution in [3.63, 3.8) is 0 Å². The minimum absolute atomic E-state index is 0.000770. The summed E-state index contributed by atoms with van der Waals surface area (Å²) in [5.41, 5.74) is 1.15. The van der Waals surface area contributed by atoms with Gasteiger partial charge in [0.1, 0.15) is 0 Å². The molecule has 9 nitrogen and oxygen atoms in total. The number of hydrogen-bond donors (Lipinski definition) is 0. The third-order valence-corrected chi connectivity index (χ3v) is 5.56. The van der Waals surface area contributed by atoms with Crippen molar-refractivity contribution in [2.24, 2.45) is 0 Å². The topological polar surface area (TPSA) is 80.3 Å². The van der Waals surface area contributed by atoms with Gasteiger partial charge in [0.2, 0.25) is 5.95 Å². The molecule has 0 radical (unpaired) electrons. The summed E-state index contributed by atoms with van der Waals surface area (Å²) in [5.74, 6) is 1.98. The number of amides is 1. The number of carbonyl (C=O) groups excluding carboxylic acids is 1. The van der Waals surface area contributed by atoms with Gasteiger partial charge in [0.15, 0.2) is 18.1 Å². The van der Waals surface area contributed by atoms with Gasteiger partial charge in [-0.2, -0.15) is 0 Å². The monoisotopic (exact) mass is 427 g/mol. The van der Waals surface area contributed by atoms with Crippen LogP contribution in [-0.2, 0) is 16.1 Å². The maximum Gasteiger partial charge on any atom is 0.260 e. The van der Waals surface area contributed by atoms with Crippen LogP contribution in [-0.4, -0.2) is 91.9 Å². The molecule has 2 fully saturated rings. The molecule has 4 rings (SSSR count). The summed E-state index contributed by atoms with van der Waals surface area (Å²) in [6.45, 7) is 6.88. The van der Waals surface area contributed by atoms with Crippen LogP contribution in [0.4, 0.5) is 5.95 Å². The maximum atomic E-state index is 12.3. The maximum absolute atomic E-state index is 12.3. The second-order valence-corrected chi connectivity index (χ2v) is 7.58. The molecule has 0 unspecified atom stereocenters. The molecule has 0 bridgehead atoms. The van der Waals surface area contributed by atoms with Crippen LogP contribution in [0.5, 0.6) is 11.5 Å². The van der Waals surface area contributed by atoms with Crippen molar-refractivity contribution in [3.8, 4) is 11.5 Å². The standard InChI is InChI=1S/C22H29N5O4/c1-29-20-15-18(3-4-19(20)31-17-21(28)26-11-13-30-14-12-26)16-25-7-9-27(10-8-25)22-23-5-2-6-24-22/h2-6,15H,7-14,16-17H2,1H3. The first kappa shape index (κ1) is 21.3. The van der Waals surface area contributed by atoms with Crippen LogP contribution in [0.2, 0.25) is 0 Å². The van der Waals surface area contributed by atoms with E-state index in [1.54, 1.807) is 24.4 Å². The summed E-state index contributed by atoms with van der Waals surface area (Å²) >= 11 is 0. The predicted molar refractivity (Wildman–Crippen MR) is 115 cm³/mol. The molecule has 2 aliphatic heterocycles. The molecule has 2 saturated heterocycles. The largest absolute Gasteiger partial charge is 0.493 e. The highest BCUT2D eigenvalue weighted by Crippen LogP contribution is 2.29. The third kappa shape index (κ3) is 5.62. The van der Waals surface area contributed by atoms with Crippen LogP contribution in [0, 0.1) is 0 Å². The van der Waals surface area contributed by atoms with E-state index in [4.69, 9.17) is 14.2 Å². The van der Waals surface area contributed by atoms with Gasteiger partial charge in [-0.25, -0.2) is 9.97 Å². The quantitative estimate of drug-likeness (QED) is 0.649. The van der Waals surface area contributed by atoms with E-state index in [9.17, 15) is 4.79 Å². The highest BCUT2D eigenvalue weighted by molar-refractivity contribution is 5.78. The van der Waals surface area contributed by atoms with Gasteiger partial charge >= 0.3 is 0 Å². The van der Waals surface area contributed by atoms with Gasteiger partial charge in [0, 0.05) is 58.2 Å². The van der Waals surface area contributed by atoms with Gasteiger partial charge in [-0.15, -0.1) is 0 Å². The number of nitrogens with zero attached hydrogens (tertiary/aromatic N) is 5. The van der Waals surface area contributed by atoms with Crippen molar-refractivity contribution in [3.05, 3.63) is 42.2 Å². The molecular weight excluding hydrogens is 398 g/mol. The molecule has 3 heterocycles. The Morgan fingerprint density at radius 1 is 1.03 bits per heavy atom. The average Bonchev–Trinajstić information content (AvgIpc) is 2.84. The minimum Gasteiger partial charge on any atom is -0.493 e. The van der Waals surface area contributed by atoms with E-state index < -0.39 is 0 Å². The molecule has 1 aromatic carbocycles. The molecule has 2 aromatic rings. The number of piperazine rings is 1. The van der Waals surface area contributed by atoms with Crippen LogP contribution < -0.4 is 14.4 Å². The Morgan fingerprint density at radius 2 is 1.77 bits per heavy atom. The molecule has 0 saturated carbocycles. The SMILES string of the molecule is COc1cc(CN2CCN(c3ncccn3)CC2)ccc1OCC(=O)N1CCOCC1. The molecule has 2 aliphatic rings. The molecule has 1 aromatic heterocycles. The Balaban J connectivity index is 1.29. The van der Waals surface area contributed by atoms with Crippen molar-refractivity contribution in [2.75, 3.05) is 71.1 Å². The molecular formula is C22H29N5O4. The summed E-state index contributed by atoms with van der Waals surface area (Å²) in [5, 5.41) is 0. The second kappa shape index (κ2) is 10.4. The molecule has 0 atom stereocenters. The number of benzene rings is 1. The van der Waals surface area contributed by atoms with Crippen molar-refractivity contribution >= 4 is 11.9 Å². The highest BCUT2D eigenvalue weighted by Gasteiger charge is 2.20. The van der Waals surface area contributed by atoms with Gasteiger partial charge in [-0.1, -0.05) is 6.07 Å². The summed E-state index contributed by atoms with van der Waals surface area (Å²) in [6.07, 6.45) is 3.55. The molecule has 31 heavy (non-hydrogen) atoms. The van der Waals surface area contributed by atoms with Crippen molar-refractivity contribution < 1.29 is 19.0 Å². The summed E-state index contributed by atoms with van der Waals surface area (Å²) in [6, 6.07) is 7.73. The smallest absolute Gasteiger partial charge is 0.260 e. The van der Waals surface area contributed by atoms with Crippen LogP contribution in [0.3, 0.4) is 0 Å². The van der Waals surface area contributed by atoms with E-state index in [-0.39, 0.29) is 12.5 Å². The van der Waals surface area contributed by atoms with Crippen LogP contribution in [0.25, 0.3) is 0 Å². The lowest BCUT2D eigenvalue weighted by Gasteiger charge is -2.34. The number of hydrogen-bond acceptors (Lipinski definition) is 8. The van der Waals surface area contributed by atoms with E-state index in [1.165, 1.54) is 0 Å². The zero-order valence-corrected chi connectivity index (χ0v) is 17.9. The molecule has 1 amide bonds. The number of morpholine rings is 1. The Labute approximate surface area is 182 Å². The van der Waals surface area contributed by atoms with E-state index in [2.05, 4.69) is 19.8 Å². The van der Waals surface area contributed by atoms with Crippen LogP contribution >= 0.6 is 0 Å². The fourth-order valence-corrected chi connectivity index (χ4v) is 3.79. The summed E-state index contributed by atoms with van der Waals surface area (Å²) in [7, 11) is 1.62. The predicted octanol–water partition coefficient (Wildman–Crippen LogP) is 1.05. The van der Waals surface area contributed by atoms with Crippen LogP contribution in [0.1, 0.15) is 5.56 Å². The van der Waals surface area contributed by atoms with Gasteiger partial charge in [0.05, 0.1) is 20.3 Å². The summed E-state index contributed by atoms with van der Waals surface area (Å²) < 4.78 is 16.6. The van der Waals surface area contributed by atoms with Crippen molar-refractivity contribution in [2.45, 2.75) is 6.54 Å². The molecule has 0 N–H and O–H groups in total. The van der Waals surface area contributed by atoms with E-state index in [0.717, 1.165) is 44.2 Å². The number of ether oxygens (including phenoxy) is 3. The van der Waals surface area contributed by atoms with Gasteiger partial charge < -0.3 is 24.0 Å². The van der Waals surface area contributed by atoms with Gasteiger partial charge in [-0.05, 0) is 23.8 Å². The van der Waals surface area contributed by atoms with E-state index >= 15 is 0 Å². The molecule has 9 heteroatoms. The number of anilines is 1.